The maximum Gasteiger partial charge on any atom is 0.416 e. The Kier molecular flexibility index (Phi) is 4.32. The summed E-state index contributed by atoms with van der Waals surface area (Å²) in [5.41, 5.74) is 6.89. The molecule has 1 unspecified atom stereocenters. The smallest absolute Gasteiger partial charge is 0.324 e. The lowest BCUT2D eigenvalue weighted by molar-refractivity contribution is -0.137. The van der Waals surface area contributed by atoms with Crippen LogP contribution in [0.4, 0.5) is 13.2 Å². The van der Waals surface area contributed by atoms with E-state index in [0.29, 0.717) is 12.0 Å². The second kappa shape index (κ2) is 5.64. The normalized spacial score (nSPS) is 13.5. The summed E-state index contributed by atoms with van der Waals surface area (Å²) in [6, 6.07) is 4.97. The first-order valence-corrected chi connectivity index (χ1v) is 7.25. The van der Waals surface area contributed by atoms with Gasteiger partial charge in [0.1, 0.15) is 0 Å². The van der Waals surface area contributed by atoms with E-state index in [1.165, 1.54) is 17.4 Å². The van der Waals surface area contributed by atoms with Crippen molar-refractivity contribution in [1.29, 1.82) is 0 Å². The summed E-state index contributed by atoms with van der Waals surface area (Å²) in [5.74, 6) is 0. The molecule has 102 valence electrons. The SMILES string of the molecule is NC(Cc1cccc(C(F)(F)F)c1)c1cscc1Br. The van der Waals surface area contributed by atoms with Crippen molar-refractivity contribution in [2.75, 3.05) is 0 Å². The quantitative estimate of drug-likeness (QED) is 0.848. The van der Waals surface area contributed by atoms with Crippen LogP contribution < -0.4 is 5.73 Å². The van der Waals surface area contributed by atoms with Gasteiger partial charge in [-0.2, -0.15) is 24.5 Å². The van der Waals surface area contributed by atoms with Crippen LogP contribution >= 0.6 is 27.3 Å². The third-order valence-corrected chi connectivity index (χ3v) is 4.50. The highest BCUT2D eigenvalue weighted by Crippen LogP contribution is 2.31. The fraction of sp³-hybridized carbons (Fsp3) is 0.231. The third-order valence-electron chi connectivity index (χ3n) is 2.75. The van der Waals surface area contributed by atoms with Gasteiger partial charge >= 0.3 is 6.18 Å². The fourth-order valence-electron chi connectivity index (χ4n) is 1.79. The molecular weight excluding hydrogens is 339 g/mol. The molecule has 1 nitrogen and oxygen atoms in total. The third kappa shape index (κ3) is 3.58. The Balaban J connectivity index is 2.18. The Labute approximate surface area is 121 Å². The fourth-order valence-corrected chi connectivity index (χ4v) is 3.45. The van der Waals surface area contributed by atoms with Crippen LogP contribution in [0.1, 0.15) is 22.7 Å². The molecule has 0 fully saturated rings. The van der Waals surface area contributed by atoms with Gasteiger partial charge < -0.3 is 5.73 Å². The summed E-state index contributed by atoms with van der Waals surface area (Å²) in [6.07, 6.45) is -3.94. The van der Waals surface area contributed by atoms with Gasteiger partial charge in [0.25, 0.3) is 0 Å². The van der Waals surface area contributed by atoms with Crippen molar-refractivity contribution in [3.05, 3.63) is 56.2 Å². The van der Waals surface area contributed by atoms with Crippen LogP contribution in [-0.4, -0.2) is 0 Å². The molecule has 0 radical (unpaired) electrons. The monoisotopic (exact) mass is 349 g/mol. The highest BCUT2D eigenvalue weighted by Gasteiger charge is 2.30. The molecule has 6 heteroatoms. The van der Waals surface area contributed by atoms with Crippen molar-refractivity contribution in [2.24, 2.45) is 5.73 Å². The maximum atomic E-state index is 12.6. The summed E-state index contributed by atoms with van der Waals surface area (Å²) in [5, 5.41) is 3.81. The molecule has 0 bridgehead atoms. The molecule has 0 saturated carbocycles. The van der Waals surface area contributed by atoms with E-state index >= 15 is 0 Å². The van der Waals surface area contributed by atoms with Gasteiger partial charge in [0.2, 0.25) is 0 Å². The Hall–Kier alpha value is -0.850. The zero-order valence-corrected chi connectivity index (χ0v) is 12.1. The molecule has 0 amide bonds. The summed E-state index contributed by atoms with van der Waals surface area (Å²) in [4.78, 5) is 0. The van der Waals surface area contributed by atoms with Crippen LogP contribution in [0, 0.1) is 0 Å². The van der Waals surface area contributed by atoms with E-state index in [9.17, 15) is 13.2 Å². The van der Waals surface area contributed by atoms with E-state index in [1.54, 1.807) is 6.07 Å². The number of rotatable bonds is 3. The van der Waals surface area contributed by atoms with E-state index in [2.05, 4.69) is 15.9 Å². The molecule has 2 rings (SSSR count). The summed E-state index contributed by atoms with van der Waals surface area (Å²) in [7, 11) is 0. The second-order valence-corrected chi connectivity index (χ2v) is 5.78. The van der Waals surface area contributed by atoms with Gasteiger partial charge in [0.15, 0.2) is 0 Å². The molecule has 1 heterocycles. The summed E-state index contributed by atoms with van der Waals surface area (Å²) in [6.45, 7) is 0. The summed E-state index contributed by atoms with van der Waals surface area (Å²) < 4.78 is 38.7. The van der Waals surface area contributed by atoms with Crippen LogP contribution in [0.2, 0.25) is 0 Å². The Morgan fingerprint density at radius 2 is 2.00 bits per heavy atom. The lowest BCUT2D eigenvalue weighted by Gasteiger charge is -2.13. The highest BCUT2D eigenvalue weighted by molar-refractivity contribution is 9.10. The average molecular weight is 350 g/mol. The van der Waals surface area contributed by atoms with Crippen LogP contribution in [0.5, 0.6) is 0 Å². The molecule has 2 aromatic rings. The largest absolute Gasteiger partial charge is 0.416 e. The predicted molar refractivity (Wildman–Crippen MR) is 74.1 cm³/mol. The van der Waals surface area contributed by atoms with Crippen molar-refractivity contribution in [3.8, 4) is 0 Å². The Bertz CT molecular complexity index is 565. The molecule has 0 aliphatic heterocycles. The maximum absolute atomic E-state index is 12.6. The first kappa shape index (κ1) is 14.6. The van der Waals surface area contributed by atoms with Crippen molar-refractivity contribution < 1.29 is 13.2 Å². The van der Waals surface area contributed by atoms with Crippen LogP contribution in [-0.2, 0) is 12.6 Å². The molecule has 2 N–H and O–H groups in total. The zero-order chi connectivity index (χ0) is 14.0. The molecule has 0 saturated heterocycles. The van der Waals surface area contributed by atoms with E-state index < -0.39 is 11.7 Å². The number of thiophene rings is 1. The Morgan fingerprint density at radius 1 is 1.26 bits per heavy atom. The van der Waals surface area contributed by atoms with Gasteiger partial charge in [-0.25, -0.2) is 0 Å². The average Bonchev–Trinajstić information content (AvgIpc) is 2.75. The molecule has 0 aliphatic carbocycles. The number of hydrogen-bond donors (Lipinski definition) is 1. The van der Waals surface area contributed by atoms with Crippen molar-refractivity contribution in [2.45, 2.75) is 18.6 Å². The first-order chi connectivity index (χ1) is 8.88. The highest BCUT2D eigenvalue weighted by atomic mass is 79.9. The van der Waals surface area contributed by atoms with Crippen molar-refractivity contribution in [3.63, 3.8) is 0 Å². The van der Waals surface area contributed by atoms with E-state index in [-0.39, 0.29) is 6.04 Å². The predicted octanol–water partition coefficient (Wildman–Crippen LogP) is 4.77. The van der Waals surface area contributed by atoms with Crippen LogP contribution in [0.3, 0.4) is 0 Å². The van der Waals surface area contributed by atoms with Gasteiger partial charge in [-0.05, 0) is 44.9 Å². The van der Waals surface area contributed by atoms with Gasteiger partial charge in [0.05, 0.1) is 5.56 Å². The minimum Gasteiger partial charge on any atom is -0.324 e. The van der Waals surface area contributed by atoms with E-state index in [0.717, 1.165) is 22.2 Å². The van der Waals surface area contributed by atoms with E-state index in [4.69, 9.17) is 5.73 Å². The number of hydrogen-bond acceptors (Lipinski definition) is 2. The minimum atomic E-state index is -4.32. The lowest BCUT2D eigenvalue weighted by Crippen LogP contribution is -2.14. The molecular formula is C13H11BrF3NS. The molecule has 1 aromatic heterocycles. The molecule has 0 spiro atoms. The van der Waals surface area contributed by atoms with Crippen LogP contribution in [0.25, 0.3) is 0 Å². The Morgan fingerprint density at radius 3 is 2.58 bits per heavy atom. The van der Waals surface area contributed by atoms with Crippen molar-refractivity contribution in [1.82, 2.24) is 0 Å². The van der Waals surface area contributed by atoms with Gasteiger partial charge in [0, 0.05) is 15.9 Å². The standard InChI is InChI=1S/C13H11BrF3NS/c14-11-7-19-6-10(11)12(18)5-8-2-1-3-9(4-8)13(15,16)17/h1-4,6-7,12H,5,18H2. The second-order valence-electron chi connectivity index (χ2n) is 4.18. The zero-order valence-electron chi connectivity index (χ0n) is 9.75. The number of benzene rings is 1. The number of alkyl halides is 3. The number of halogens is 4. The molecule has 1 aromatic carbocycles. The lowest BCUT2D eigenvalue weighted by atomic mass is 10.0. The van der Waals surface area contributed by atoms with Gasteiger partial charge in [-0.3, -0.25) is 0 Å². The number of nitrogens with two attached hydrogens (primary N) is 1. The topological polar surface area (TPSA) is 26.0 Å². The van der Waals surface area contributed by atoms with Gasteiger partial charge in [-0.1, -0.05) is 18.2 Å². The van der Waals surface area contributed by atoms with E-state index in [1.807, 2.05) is 10.8 Å². The van der Waals surface area contributed by atoms with Crippen molar-refractivity contribution >= 4 is 27.3 Å². The molecule has 19 heavy (non-hydrogen) atoms. The molecule has 1 atom stereocenters. The first-order valence-electron chi connectivity index (χ1n) is 5.51. The summed E-state index contributed by atoms with van der Waals surface area (Å²) >= 11 is 4.88. The van der Waals surface area contributed by atoms with Crippen LogP contribution in [0.15, 0.2) is 39.5 Å². The minimum absolute atomic E-state index is 0.316. The van der Waals surface area contributed by atoms with Gasteiger partial charge in [-0.15, -0.1) is 0 Å². The molecule has 0 aliphatic rings.